The molecule has 3 nitrogen and oxygen atoms in total. The Hall–Kier alpha value is -0.900. The minimum absolute atomic E-state index is 0.100. The zero-order valence-electron chi connectivity index (χ0n) is 9.08. The number of ether oxygens (including phenoxy) is 1. The number of thiazole rings is 1. The molecule has 0 amide bonds. The topological polar surface area (TPSA) is 39.2 Å². The van der Waals surface area contributed by atoms with Crippen LogP contribution in [0.25, 0.3) is 0 Å². The van der Waals surface area contributed by atoms with Gasteiger partial charge in [0.05, 0.1) is 17.3 Å². The van der Waals surface area contributed by atoms with Crippen LogP contribution >= 0.6 is 11.3 Å². The van der Waals surface area contributed by atoms with Gasteiger partial charge in [-0.1, -0.05) is 6.92 Å². The van der Waals surface area contributed by atoms with Gasteiger partial charge in [0, 0.05) is 4.88 Å². The maximum Gasteiger partial charge on any atom is 0.315 e. The monoisotopic (exact) mass is 225 g/mol. The molecule has 2 rings (SSSR count). The highest BCUT2D eigenvalue weighted by molar-refractivity contribution is 7.11. The molecule has 0 aliphatic heterocycles. The average Bonchev–Trinajstić information content (AvgIpc) is 2.75. The van der Waals surface area contributed by atoms with Crippen molar-refractivity contribution >= 4 is 17.3 Å². The lowest BCUT2D eigenvalue weighted by Gasteiger charge is -2.07. The number of carbonyl (C=O) groups is 1. The third-order valence-electron chi connectivity index (χ3n) is 2.64. The van der Waals surface area contributed by atoms with E-state index in [1.165, 1.54) is 4.88 Å². The van der Waals surface area contributed by atoms with Crippen LogP contribution in [-0.2, 0) is 22.4 Å². The Kier molecular flexibility index (Phi) is 3.05. The highest BCUT2D eigenvalue weighted by atomic mass is 32.1. The van der Waals surface area contributed by atoms with E-state index in [0.29, 0.717) is 6.61 Å². The molecule has 0 spiro atoms. The number of esters is 1. The summed E-state index contributed by atoms with van der Waals surface area (Å²) >= 11 is 1.74. The van der Waals surface area contributed by atoms with Gasteiger partial charge in [0.1, 0.15) is 5.92 Å². The molecule has 82 valence electrons. The smallest absolute Gasteiger partial charge is 0.315 e. The predicted molar refractivity (Wildman–Crippen MR) is 59.2 cm³/mol. The lowest BCUT2D eigenvalue weighted by molar-refractivity contribution is -0.145. The van der Waals surface area contributed by atoms with Gasteiger partial charge >= 0.3 is 5.97 Å². The average molecular weight is 225 g/mol. The Morgan fingerprint density at radius 1 is 1.60 bits per heavy atom. The summed E-state index contributed by atoms with van der Waals surface area (Å²) in [7, 11) is 0. The molecule has 1 unspecified atom stereocenters. The fourth-order valence-corrected chi connectivity index (χ4v) is 2.99. The summed E-state index contributed by atoms with van der Waals surface area (Å²) in [6, 6.07) is 0. The largest absolute Gasteiger partial charge is 0.465 e. The maximum atomic E-state index is 11.6. The Labute approximate surface area is 93.5 Å². The van der Waals surface area contributed by atoms with Crippen LogP contribution in [0.2, 0.25) is 0 Å². The minimum Gasteiger partial charge on any atom is -0.465 e. The van der Waals surface area contributed by atoms with E-state index in [1.54, 1.807) is 11.3 Å². The van der Waals surface area contributed by atoms with Gasteiger partial charge in [-0.15, -0.1) is 11.3 Å². The van der Waals surface area contributed by atoms with Crippen LogP contribution < -0.4 is 0 Å². The van der Waals surface area contributed by atoms with Crippen molar-refractivity contribution in [3.05, 3.63) is 15.6 Å². The summed E-state index contributed by atoms with van der Waals surface area (Å²) in [4.78, 5) is 17.4. The number of aryl methyl sites for hydroxylation is 2. The summed E-state index contributed by atoms with van der Waals surface area (Å²) in [5.74, 6) is -0.208. The quantitative estimate of drug-likeness (QED) is 0.741. The summed E-state index contributed by atoms with van der Waals surface area (Å²) in [6.45, 7) is 4.38. The van der Waals surface area contributed by atoms with Crippen LogP contribution in [0.5, 0.6) is 0 Å². The van der Waals surface area contributed by atoms with Gasteiger partial charge in [-0.25, -0.2) is 4.98 Å². The fraction of sp³-hybridized carbons (Fsp3) is 0.636. The van der Waals surface area contributed by atoms with Crippen LogP contribution in [-0.4, -0.2) is 17.6 Å². The van der Waals surface area contributed by atoms with Gasteiger partial charge in [0.25, 0.3) is 0 Å². The van der Waals surface area contributed by atoms with E-state index in [-0.39, 0.29) is 11.9 Å². The number of hydrogen-bond acceptors (Lipinski definition) is 4. The normalized spacial score (nSPS) is 18.9. The molecule has 1 aliphatic rings. The number of rotatable bonds is 3. The number of aromatic nitrogens is 1. The van der Waals surface area contributed by atoms with E-state index < -0.39 is 0 Å². The molecule has 0 saturated heterocycles. The van der Waals surface area contributed by atoms with Gasteiger partial charge < -0.3 is 4.74 Å². The number of hydrogen-bond donors (Lipinski definition) is 0. The van der Waals surface area contributed by atoms with Crippen molar-refractivity contribution in [1.29, 1.82) is 0 Å². The molecule has 4 heteroatoms. The van der Waals surface area contributed by atoms with E-state index in [0.717, 1.165) is 30.0 Å². The van der Waals surface area contributed by atoms with Crippen molar-refractivity contribution in [3.8, 4) is 0 Å². The first-order valence-corrected chi connectivity index (χ1v) is 6.23. The molecule has 1 aromatic rings. The summed E-state index contributed by atoms with van der Waals surface area (Å²) < 4.78 is 5.05. The summed E-state index contributed by atoms with van der Waals surface area (Å²) in [5.41, 5.74) is 0.982. The SMILES string of the molecule is CCOC(=O)C1CCc2sc(CC)nc21. The number of carbonyl (C=O) groups excluding carboxylic acids is 1. The molecule has 1 heterocycles. The van der Waals surface area contributed by atoms with Crippen molar-refractivity contribution in [1.82, 2.24) is 4.98 Å². The second-order valence-corrected chi connectivity index (χ2v) is 4.78. The molecular formula is C11H15NO2S. The minimum atomic E-state index is -0.107. The van der Waals surface area contributed by atoms with Crippen molar-refractivity contribution in [2.24, 2.45) is 0 Å². The number of fused-ring (bicyclic) bond motifs is 1. The molecular weight excluding hydrogens is 210 g/mol. The van der Waals surface area contributed by atoms with Crippen LogP contribution in [0.4, 0.5) is 0 Å². The third kappa shape index (κ3) is 1.91. The maximum absolute atomic E-state index is 11.6. The first-order valence-electron chi connectivity index (χ1n) is 5.41. The van der Waals surface area contributed by atoms with E-state index >= 15 is 0 Å². The van der Waals surface area contributed by atoms with Gasteiger partial charge in [-0.3, -0.25) is 4.79 Å². The third-order valence-corrected chi connectivity index (χ3v) is 3.91. The molecule has 1 aliphatic carbocycles. The second kappa shape index (κ2) is 4.31. The molecule has 1 atom stereocenters. The lowest BCUT2D eigenvalue weighted by atomic mass is 10.1. The second-order valence-electron chi connectivity index (χ2n) is 3.61. The summed E-state index contributed by atoms with van der Waals surface area (Å²) in [6.07, 6.45) is 2.81. The Morgan fingerprint density at radius 3 is 3.07 bits per heavy atom. The highest BCUT2D eigenvalue weighted by Crippen LogP contribution is 2.37. The van der Waals surface area contributed by atoms with Crippen LogP contribution in [0, 0.1) is 0 Å². The van der Waals surface area contributed by atoms with Gasteiger partial charge in [0.2, 0.25) is 0 Å². The van der Waals surface area contributed by atoms with E-state index in [1.807, 2.05) is 6.92 Å². The van der Waals surface area contributed by atoms with Crippen molar-refractivity contribution in [2.45, 2.75) is 39.0 Å². The standard InChI is InChI=1S/C11H15NO2S/c1-3-9-12-10-7(11(13)14-4-2)5-6-8(10)15-9/h7H,3-6H2,1-2H3. The lowest BCUT2D eigenvalue weighted by Crippen LogP contribution is -2.14. The Bertz CT molecular complexity index is 373. The van der Waals surface area contributed by atoms with Gasteiger partial charge in [-0.05, 0) is 26.2 Å². The van der Waals surface area contributed by atoms with Crippen molar-refractivity contribution in [2.75, 3.05) is 6.61 Å². The zero-order valence-corrected chi connectivity index (χ0v) is 9.89. The first-order chi connectivity index (χ1) is 7.26. The number of nitrogens with zero attached hydrogens (tertiary/aromatic N) is 1. The molecule has 0 N–H and O–H groups in total. The molecule has 1 aromatic heterocycles. The molecule has 0 fully saturated rings. The van der Waals surface area contributed by atoms with Crippen LogP contribution in [0.1, 0.15) is 41.8 Å². The predicted octanol–water partition coefficient (Wildman–Crippen LogP) is 2.30. The van der Waals surface area contributed by atoms with Crippen LogP contribution in [0.15, 0.2) is 0 Å². The van der Waals surface area contributed by atoms with E-state index in [4.69, 9.17) is 4.74 Å². The molecule has 0 bridgehead atoms. The molecule has 0 aromatic carbocycles. The van der Waals surface area contributed by atoms with Crippen molar-refractivity contribution < 1.29 is 9.53 Å². The first kappa shape index (κ1) is 10.6. The molecule has 0 radical (unpaired) electrons. The van der Waals surface area contributed by atoms with E-state index in [2.05, 4.69) is 11.9 Å². The Balaban J connectivity index is 2.19. The van der Waals surface area contributed by atoms with Crippen molar-refractivity contribution in [3.63, 3.8) is 0 Å². The van der Waals surface area contributed by atoms with Gasteiger partial charge in [0.15, 0.2) is 0 Å². The van der Waals surface area contributed by atoms with E-state index in [9.17, 15) is 4.79 Å². The highest BCUT2D eigenvalue weighted by Gasteiger charge is 2.33. The fourth-order valence-electron chi connectivity index (χ4n) is 1.90. The Morgan fingerprint density at radius 2 is 2.40 bits per heavy atom. The summed E-state index contributed by atoms with van der Waals surface area (Å²) in [5, 5.41) is 1.13. The van der Waals surface area contributed by atoms with Gasteiger partial charge in [-0.2, -0.15) is 0 Å². The molecule has 0 saturated carbocycles. The van der Waals surface area contributed by atoms with Crippen LogP contribution in [0.3, 0.4) is 0 Å². The zero-order chi connectivity index (χ0) is 10.8. The molecule has 15 heavy (non-hydrogen) atoms.